The van der Waals surface area contributed by atoms with Gasteiger partial charge in [0.2, 0.25) is 0 Å². The molecule has 4 saturated carbocycles. The maximum Gasteiger partial charge on any atom is -0.0386 e. The van der Waals surface area contributed by atoms with Crippen LogP contribution in [0.15, 0.2) is 0 Å². The second-order valence-electron chi connectivity index (χ2n) is 15.2. The van der Waals surface area contributed by atoms with Crippen LogP contribution < -0.4 is 0 Å². The summed E-state index contributed by atoms with van der Waals surface area (Å²) >= 11 is 0. The van der Waals surface area contributed by atoms with Crippen LogP contribution >= 0.6 is 0 Å². The smallest absolute Gasteiger partial charge is 0.0386 e. The Kier molecular flexibility index (Phi) is 23.9. The summed E-state index contributed by atoms with van der Waals surface area (Å²) in [5.74, 6) is 4.36. The third-order valence-corrected chi connectivity index (χ3v) is 11.9. The minimum Gasteiger partial charge on any atom is -0.412 e. The number of rotatable bonds is 2. The molecule has 0 saturated heterocycles. The normalized spacial score (nSPS) is 26.3. The largest absolute Gasteiger partial charge is 0.412 e. The van der Waals surface area contributed by atoms with Crippen molar-refractivity contribution in [2.45, 2.75) is 231 Å². The molecule has 0 bridgehead atoms. The molecule has 1 heteroatoms. The molecule has 4 rings (SSSR count). The van der Waals surface area contributed by atoms with Gasteiger partial charge in [-0.05, 0) is 23.7 Å². The van der Waals surface area contributed by atoms with Gasteiger partial charge in [-0.1, -0.05) is 231 Å². The van der Waals surface area contributed by atoms with Crippen LogP contribution in [0.5, 0.6) is 0 Å². The van der Waals surface area contributed by atoms with E-state index in [0.29, 0.717) is 0 Å². The molecule has 4 fully saturated rings. The van der Waals surface area contributed by atoms with Gasteiger partial charge in [0.15, 0.2) is 0 Å². The summed E-state index contributed by atoms with van der Waals surface area (Å²) in [6.07, 6.45) is 55.0. The first-order chi connectivity index (χ1) is 19.9. The van der Waals surface area contributed by atoms with E-state index in [0.717, 1.165) is 23.7 Å². The lowest BCUT2D eigenvalue weighted by atomic mass is 9.77. The van der Waals surface area contributed by atoms with Crippen LogP contribution in [-0.4, -0.2) is 5.48 Å². The van der Waals surface area contributed by atoms with E-state index in [1.807, 2.05) is 0 Å². The number of hydrogen-bond donors (Lipinski definition) is 0. The van der Waals surface area contributed by atoms with Crippen molar-refractivity contribution in [2.75, 3.05) is 0 Å². The first-order valence-electron chi connectivity index (χ1n) is 19.9. The zero-order chi connectivity index (χ0) is 27.8. The van der Waals surface area contributed by atoms with Gasteiger partial charge in [0.1, 0.15) is 0 Å². The number of hydrogen-bond acceptors (Lipinski definition) is 0. The Morgan fingerprint density at radius 1 is 0.146 bits per heavy atom. The molecule has 0 aromatic rings. The van der Waals surface area contributed by atoms with Crippen LogP contribution in [0.4, 0.5) is 0 Å². The molecule has 0 aromatic carbocycles. The Morgan fingerprint density at radius 2 is 0.244 bits per heavy atom. The third-order valence-electron chi connectivity index (χ3n) is 11.9. The van der Waals surface area contributed by atoms with Gasteiger partial charge in [0.25, 0.3) is 0 Å². The third kappa shape index (κ3) is 18.4. The van der Waals surface area contributed by atoms with E-state index in [4.69, 9.17) is 0 Å². The monoisotopic (exact) mass is 575 g/mol. The fourth-order valence-electron chi connectivity index (χ4n) is 9.25. The Bertz CT molecular complexity index is 407. The molecule has 244 valence electrons. The van der Waals surface area contributed by atoms with Crippen LogP contribution in [-0.2, 0) is 0 Å². The molecular formula is C40H78O. The van der Waals surface area contributed by atoms with Gasteiger partial charge in [0.05, 0.1) is 0 Å². The molecule has 41 heavy (non-hydrogen) atoms. The summed E-state index contributed by atoms with van der Waals surface area (Å²) in [6, 6.07) is 0. The molecule has 4 aliphatic carbocycles. The Morgan fingerprint density at radius 3 is 0.366 bits per heavy atom. The molecular weight excluding hydrogens is 496 g/mol. The first-order valence-corrected chi connectivity index (χ1v) is 19.9. The van der Waals surface area contributed by atoms with Crippen molar-refractivity contribution in [3.8, 4) is 0 Å². The van der Waals surface area contributed by atoms with E-state index < -0.39 is 0 Å². The predicted molar refractivity (Wildman–Crippen MR) is 184 cm³/mol. The second-order valence-corrected chi connectivity index (χ2v) is 15.2. The Balaban J connectivity index is 0.000000280. The van der Waals surface area contributed by atoms with Crippen LogP contribution in [0.1, 0.15) is 231 Å². The van der Waals surface area contributed by atoms with Crippen molar-refractivity contribution in [1.82, 2.24) is 0 Å². The Labute approximate surface area is 259 Å². The van der Waals surface area contributed by atoms with Gasteiger partial charge in [-0.2, -0.15) is 0 Å². The zero-order valence-electron chi connectivity index (χ0n) is 28.3. The quantitative estimate of drug-likeness (QED) is 0.314. The van der Waals surface area contributed by atoms with E-state index >= 15 is 0 Å². The average Bonchev–Trinajstić information content (AvgIpc) is 3.00. The van der Waals surface area contributed by atoms with Crippen LogP contribution in [0.25, 0.3) is 0 Å². The molecule has 0 unspecified atom stereocenters. The fraction of sp³-hybridized carbons (Fsp3) is 1.00. The van der Waals surface area contributed by atoms with Crippen molar-refractivity contribution in [1.29, 1.82) is 0 Å². The van der Waals surface area contributed by atoms with Gasteiger partial charge in [-0.15, -0.1) is 0 Å². The molecule has 0 aromatic heterocycles. The molecule has 4 aliphatic rings. The lowest BCUT2D eigenvalue weighted by molar-refractivity contribution is 0.230. The summed E-state index contributed by atoms with van der Waals surface area (Å²) in [5, 5.41) is 0. The highest BCUT2D eigenvalue weighted by molar-refractivity contribution is 4.74. The predicted octanol–water partition coefficient (Wildman–Crippen LogP) is 13.7. The SMILES string of the molecule is C1CCCCC(C2CCCCCCCCC2)CCCC1.C1CCCCC(C2CCCCCCCCC2)CCCC1.O. The topological polar surface area (TPSA) is 31.5 Å². The van der Waals surface area contributed by atoms with Crippen molar-refractivity contribution < 1.29 is 5.48 Å². The average molecular weight is 575 g/mol. The second kappa shape index (κ2) is 26.4. The molecule has 0 amide bonds. The van der Waals surface area contributed by atoms with Crippen LogP contribution in [0, 0.1) is 23.7 Å². The highest BCUT2D eigenvalue weighted by atomic mass is 16.0. The van der Waals surface area contributed by atoms with Crippen molar-refractivity contribution >= 4 is 0 Å². The minimum atomic E-state index is 0. The highest BCUT2D eigenvalue weighted by Crippen LogP contribution is 2.36. The summed E-state index contributed by atoms with van der Waals surface area (Å²) in [7, 11) is 0. The van der Waals surface area contributed by atoms with Crippen molar-refractivity contribution in [3.63, 3.8) is 0 Å². The summed E-state index contributed by atoms with van der Waals surface area (Å²) in [4.78, 5) is 0. The lowest BCUT2D eigenvalue weighted by Crippen LogP contribution is -2.16. The lowest BCUT2D eigenvalue weighted by Gasteiger charge is -2.29. The molecule has 1 nitrogen and oxygen atoms in total. The van der Waals surface area contributed by atoms with E-state index in [1.165, 1.54) is 180 Å². The summed E-state index contributed by atoms with van der Waals surface area (Å²) < 4.78 is 0. The van der Waals surface area contributed by atoms with Crippen LogP contribution in [0.2, 0.25) is 0 Å². The van der Waals surface area contributed by atoms with Gasteiger partial charge >= 0.3 is 0 Å². The molecule has 0 radical (unpaired) electrons. The fourth-order valence-corrected chi connectivity index (χ4v) is 9.25. The van der Waals surface area contributed by atoms with E-state index in [-0.39, 0.29) is 5.48 Å². The summed E-state index contributed by atoms with van der Waals surface area (Å²) in [6.45, 7) is 0. The maximum absolute atomic E-state index is 1.56. The van der Waals surface area contributed by atoms with Crippen LogP contribution in [0.3, 0.4) is 0 Å². The van der Waals surface area contributed by atoms with Gasteiger partial charge < -0.3 is 5.48 Å². The molecule has 2 N–H and O–H groups in total. The van der Waals surface area contributed by atoms with E-state index in [1.54, 1.807) is 51.4 Å². The van der Waals surface area contributed by atoms with Crippen molar-refractivity contribution in [3.05, 3.63) is 0 Å². The molecule has 0 spiro atoms. The van der Waals surface area contributed by atoms with Gasteiger partial charge in [-0.25, -0.2) is 0 Å². The molecule has 0 heterocycles. The zero-order valence-corrected chi connectivity index (χ0v) is 28.3. The van der Waals surface area contributed by atoms with Gasteiger partial charge in [0, 0.05) is 0 Å². The minimum absolute atomic E-state index is 0. The maximum atomic E-state index is 1.56. The van der Waals surface area contributed by atoms with E-state index in [9.17, 15) is 0 Å². The highest BCUT2D eigenvalue weighted by Gasteiger charge is 2.22. The summed E-state index contributed by atoms with van der Waals surface area (Å²) in [5.41, 5.74) is 0. The van der Waals surface area contributed by atoms with Crippen molar-refractivity contribution in [2.24, 2.45) is 23.7 Å². The standard InChI is InChI=1S/2C20H38.H2O/c2*1-3-7-11-15-19(16-12-8-4-1)20-17-13-9-5-2-6-10-14-18-20;/h2*19-20H,1-18H2;1H2. The molecule has 0 atom stereocenters. The Hall–Kier alpha value is -0.0400. The molecule has 0 aliphatic heterocycles. The van der Waals surface area contributed by atoms with E-state index in [2.05, 4.69) is 0 Å². The first kappa shape index (κ1) is 37.1. The van der Waals surface area contributed by atoms with Gasteiger partial charge in [-0.3, -0.25) is 0 Å².